The van der Waals surface area contributed by atoms with E-state index < -0.39 is 15.9 Å². The third-order valence-electron chi connectivity index (χ3n) is 5.66. The van der Waals surface area contributed by atoms with E-state index in [0.29, 0.717) is 22.7 Å². The molecule has 0 aliphatic carbocycles. The number of fused-ring (bicyclic) bond motifs is 1. The first kappa shape index (κ1) is 26.0. The van der Waals surface area contributed by atoms with Crippen molar-refractivity contribution in [2.45, 2.75) is 19.8 Å². The highest BCUT2D eigenvalue weighted by atomic mass is 32.2. The van der Waals surface area contributed by atoms with Crippen LogP contribution >= 0.6 is 0 Å². The molecule has 0 saturated heterocycles. The molecule has 0 fully saturated rings. The minimum atomic E-state index is -3.80. The van der Waals surface area contributed by atoms with Crippen LogP contribution in [0, 0.1) is 0 Å². The summed E-state index contributed by atoms with van der Waals surface area (Å²) in [6, 6.07) is 9.33. The maximum Gasteiger partial charge on any atom is 0.283 e. The van der Waals surface area contributed by atoms with Crippen molar-refractivity contribution in [3.63, 3.8) is 0 Å². The number of amides is 1. The molecule has 11 nitrogen and oxygen atoms in total. The molecular weight excluding hydrogens is 492 g/mol. The standard InChI is InChI=1S/C25H30N8O3S/c1-15(2)22-21-19(16-13-26-25(27-14-16)32(5)6)12-20(24(34)30-37(7,35)36)28-23(21)33(29-22)18-10-8-9-17(11-18)31(3)4/h8-15H,1-7H3,(H,30,34). The lowest BCUT2D eigenvalue weighted by atomic mass is 9.99. The Balaban J connectivity index is 2.06. The minimum absolute atomic E-state index is 0.0268. The van der Waals surface area contributed by atoms with Gasteiger partial charge in [0.15, 0.2) is 5.65 Å². The fourth-order valence-electron chi connectivity index (χ4n) is 3.89. The number of nitrogens with zero attached hydrogens (tertiary/aromatic N) is 7. The van der Waals surface area contributed by atoms with Gasteiger partial charge in [-0.15, -0.1) is 0 Å². The number of sulfonamides is 1. The molecular formula is C25H30N8O3S. The van der Waals surface area contributed by atoms with Crippen LogP contribution in [0.2, 0.25) is 0 Å². The third-order valence-corrected chi connectivity index (χ3v) is 6.22. The van der Waals surface area contributed by atoms with E-state index in [2.05, 4.69) is 15.0 Å². The maximum absolute atomic E-state index is 12.9. The average molecular weight is 523 g/mol. The van der Waals surface area contributed by atoms with Crippen molar-refractivity contribution < 1.29 is 13.2 Å². The predicted octanol–water partition coefficient (Wildman–Crippen LogP) is 2.82. The molecule has 4 rings (SSSR count). The Labute approximate surface area is 216 Å². The molecule has 12 heteroatoms. The molecule has 0 spiro atoms. The molecule has 3 heterocycles. The van der Waals surface area contributed by atoms with Crippen molar-refractivity contribution in [2.75, 3.05) is 44.2 Å². The van der Waals surface area contributed by atoms with Crippen LogP contribution in [-0.4, -0.2) is 73.5 Å². The number of carbonyl (C=O) groups excluding carboxylic acids is 1. The summed E-state index contributed by atoms with van der Waals surface area (Å²) < 4.78 is 27.3. The highest BCUT2D eigenvalue weighted by Gasteiger charge is 2.24. The van der Waals surface area contributed by atoms with Crippen molar-refractivity contribution in [1.82, 2.24) is 29.5 Å². The Kier molecular flexibility index (Phi) is 6.87. The van der Waals surface area contributed by atoms with Crippen molar-refractivity contribution in [2.24, 2.45) is 0 Å². The van der Waals surface area contributed by atoms with Gasteiger partial charge in [-0.25, -0.2) is 32.8 Å². The van der Waals surface area contributed by atoms with E-state index >= 15 is 0 Å². The molecule has 0 aliphatic heterocycles. The molecule has 37 heavy (non-hydrogen) atoms. The first-order chi connectivity index (χ1) is 17.4. The number of nitrogens with one attached hydrogen (secondary N) is 1. The normalized spacial score (nSPS) is 11.7. The molecule has 0 aliphatic rings. The Morgan fingerprint density at radius 3 is 2.27 bits per heavy atom. The van der Waals surface area contributed by atoms with Crippen LogP contribution in [0.25, 0.3) is 27.8 Å². The van der Waals surface area contributed by atoms with E-state index in [9.17, 15) is 13.2 Å². The molecule has 1 N–H and O–H groups in total. The third kappa shape index (κ3) is 5.38. The Hall–Kier alpha value is -4.06. The summed E-state index contributed by atoms with van der Waals surface area (Å²) in [5.74, 6) is -0.277. The Morgan fingerprint density at radius 1 is 1.03 bits per heavy atom. The van der Waals surface area contributed by atoms with Crippen LogP contribution in [0.5, 0.6) is 0 Å². The van der Waals surface area contributed by atoms with Crippen molar-refractivity contribution in [3.8, 4) is 16.8 Å². The number of carbonyl (C=O) groups is 1. The number of aromatic nitrogens is 5. The monoisotopic (exact) mass is 522 g/mol. The lowest BCUT2D eigenvalue weighted by Gasteiger charge is -2.14. The summed E-state index contributed by atoms with van der Waals surface area (Å²) in [7, 11) is 3.78. The van der Waals surface area contributed by atoms with Crippen molar-refractivity contribution in [1.29, 1.82) is 0 Å². The molecule has 0 saturated carbocycles. The summed E-state index contributed by atoms with van der Waals surface area (Å²) in [4.78, 5) is 30.2. The molecule has 0 unspecified atom stereocenters. The summed E-state index contributed by atoms with van der Waals surface area (Å²) in [6.45, 7) is 4.06. The molecule has 0 atom stereocenters. The smallest absolute Gasteiger partial charge is 0.283 e. The zero-order valence-corrected chi connectivity index (χ0v) is 22.7. The van der Waals surface area contributed by atoms with Gasteiger partial charge in [0.1, 0.15) is 5.69 Å². The van der Waals surface area contributed by atoms with Crippen LogP contribution in [-0.2, 0) is 10.0 Å². The van der Waals surface area contributed by atoms with E-state index in [1.54, 1.807) is 28.0 Å². The number of pyridine rings is 1. The second-order valence-corrected chi connectivity index (χ2v) is 11.2. The van der Waals surface area contributed by atoms with Gasteiger partial charge in [-0.2, -0.15) is 5.10 Å². The molecule has 1 aromatic carbocycles. The van der Waals surface area contributed by atoms with Crippen LogP contribution in [0.3, 0.4) is 0 Å². The molecule has 0 radical (unpaired) electrons. The van der Waals surface area contributed by atoms with Crippen LogP contribution in [0.1, 0.15) is 35.9 Å². The Bertz CT molecular complexity index is 1580. The van der Waals surface area contributed by atoms with Crippen LogP contribution < -0.4 is 14.5 Å². The first-order valence-corrected chi connectivity index (χ1v) is 13.5. The SMILES string of the molecule is CC(C)c1nn(-c2cccc(N(C)C)c2)c2nc(C(=O)NS(C)(=O)=O)cc(-c3cnc(N(C)C)nc3)c12. The maximum atomic E-state index is 12.9. The number of hydrogen-bond acceptors (Lipinski definition) is 9. The van der Waals surface area contributed by atoms with E-state index in [4.69, 9.17) is 5.10 Å². The average Bonchev–Trinajstić information content (AvgIpc) is 3.22. The van der Waals surface area contributed by atoms with Gasteiger partial charge < -0.3 is 9.80 Å². The predicted molar refractivity (Wildman–Crippen MR) is 145 cm³/mol. The van der Waals surface area contributed by atoms with Gasteiger partial charge >= 0.3 is 0 Å². The quantitative estimate of drug-likeness (QED) is 0.390. The van der Waals surface area contributed by atoms with E-state index in [1.165, 1.54) is 0 Å². The summed E-state index contributed by atoms with van der Waals surface area (Å²) in [6.07, 6.45) is 4.26. The second kappa shape index (κ2) is 9.77. The van der Waals surface area contributed by atoms with Gasteiger partial charge in [-0.1, -0.05) is 19.9 Å². The number of anilines is 2. The minimum Gasteiger partial charge on any atom is -0.378 e. The van der Waals surface area contributed by atoms with Gasteiger partial charge in [0.25, 0.3) is 5.91 Å². The topological polar surface area (TPSA) is 126 Å². The highest BCUT2D eigenvalue weighted by Crippen LogP contribution is 2.35. The molecule has 3 aromatic heterocycles. The van der Waals surface area contributed by atoms with E-state index in [1.807, 2.05) is 75.9 Å². The zero-order chi connectivity index (χ0) is 27.1. The molecule has 0 bridgehead atoms. The molecule has 194 valence electrons. The Morgan fingerprint density at radius 2 is 1.70 bits per heavy atom. The van der Waals surface area contributed by atoms with Gasteiger partial charge in [0.05, 0.1) is 23.0 Å². The zero-order valence-electron chi connectivity index (χ0n) is 21.9. The van der Waals surface area contributed by atoms with Crippen molar-refractivity contribution in [3.05, 3.63) is 54.1 Å². The largest absolute Gasteiger partial charge is 0.378 e. The molecule has 1 amide bonds. The molecule has 4 aromatic rings. The van der Waals surface area contributed by atoms with Gasteiger partial charge in [-0.3, -0.25) is 4.79 Å². The fourth-order valence-corrected chi connectivity index (χ4v) is 4.33. The second-order valence-electron chi connectivity index (χ2n) is 9.49. The van der Waals surface area contributed by atoms with Crippen LogP contribution in [0.15, 0.2) is 42.7 Å². The fraction of sp³-hybridized carbons (Fsp3) is 0.320. The summed E-state index contributed by atoms with van der Waals surface area (Å²) >= 11 is 0. The van der Waals surface area contributed by atoms with E-state index in [-0.39, 0.29) is 11.6 Å². The van der Waals surface area contributed by atoms with Gasteiger partial charge in [-0.05, 0) is 30.2 Å². The van der Waals surface area contributed by atoms with Gasteiger partial charge in [0, 0.05) is 57.4 Å². The number of benzene rings is 1. The number of rotatable bonds is 7. The van der Waals surface area contributed by atoms with Crippen molar-refractivity contribution >= 4 is 38.6 Å². The van der Waals surface area contributed by atoms with Gasteiger partial charge in [0.2, 0.25) is 16.0 Å². The van der Waals surface area contributed by atoms with Crippen LogP contribution in [0.4, 0.5) is 11.6 Å². The van der Waals surface area contributed by atoms with E-state index in [0.717, 1.165) is 28.7 Å². The lowest BCUT2D eigenvalue weighted by molar-refractivity contribution is 0.0977. The summed E-state index contributed by atoms with van der Waals surface area (Å²) in [5, 5.41) is 5.64. The lowest BCUT2D eigenvalue weighted by Crippen LogP contribution is -2.30. The summed E-state index contributed by atoms with van der Waals surface area (Å²) in [5.41, 5.74) is 4.13. The highest BCUT2D eigenvalue weighted by molar-refractivity contribution is 7.89. The number of hydrogen-bond donors (Lipinski definition) is 1. The first-order valence-electron chi connectivity index (χ1n) is 11.6.